The predicted molar refractivity (Wildman–Crippen MR) is 56.2 cm³/mol. The van der Waals surface area contributed by atoms with E-state index in [0.717, 1.165) is 0 Å². The van der Waals surface area contributed by atoms with E-state index in [1.54, 1.807) is 0 Å². The van der Waals surface area contributed by atoms with Crippen LogP contribution in [0.5, 0.6) is 0 Å². The SMILES string of the molecule is O=C([O-])C(F)C(=O)[O-].O=C([O-])C(F)C(=O)[O-].O=C([O-])C(F)C(=O)[O-].[B+3].[B+3]. The topological polar surface area (TPSA) is 241 Å². The minimum atomic E-state index is -3.02. The molecule has 0 fully saturated rings. The van der Waals surface area contributed by atoms with E-state index in [2.05, 4.69) is 0 Å². The van der Waals surface area contributed by atoms with Crippen LogP contribution in [0, 0.1) is 0 Å². The Morgan fingerprint density at radius 2 is 0.500 bits per heavy atom. The molecule has 0 aromatic rings. The zero-order valence-corrected chi connectivity index (χ0v) is 11.9. The number of rotatable bonds is 6. The molecule has 0 aliphatic rings. The number of alkyl halides is 3. The third kappa shape index (κ3) is 18.8. The average molecular weight is 382 g/mol. The minimum Gasteiger partial charge on any atom is -0.547 e. The Balaban J connectivity index is -0.0000000817. The van der Waals surface area contributed by atoms with Gasteiger partial charge in [-0.25, -0.2) is 13.2 Å². The van der Waals surface area contributed by atoms with Gasteiger partial charge in [0.2, 0.25) is 0 Å². The van der Waals surface area contributed by atoms with Crippen LogP contribution in [0.15, 0.2) is 0 Å². The molecule has 0 heterocycles. The van der Waals surface area contributed by atoms with Crippen molar-refractivity contribution in [2.75, 3.05) is 0 Å². The third-order valence-electron chi connectivity index (χ3n) is 1.24. The summed E-state index contributed by atoms with van der Waals surface area (Å²) < 4.78 is 34.0. The van der Waals surface area contributed by atoms with Gasteiger partial charge in [0, 0.05) is 0 Å². The monoisotopic (exact) mass is 382 g/mol. The van der Waals surface area contributed by atoms with Gasteiger partial charge in [0.1, 0.15) is 0 Å². The number of halogens is 3. The van der Waals surface area contributed by atoms with Crippen molar-refractivity contribution < 1.29 is 72.6 Å². The zero-order chi connectivity index (χ0) is 20.2. The van der Waals surface area contributed by atoms with Gasteiger partial charge in [0.05, 0.1) is 35.8 Å². The quantitative estimate of drug-likeness (QED) is 0.307. The van der Waals surface area contributed by atoms with Crippen LogP contribution in [-0.2, 0) is 28.8 Å². The van der Waals surface area contributed by atoms with Crippen LogP contribution >= 0.6 is 0 Å². The molecule has 0 saturated carbocycles. The summed E-state index contributed by atoms with van der Waals surface area (Å²) in [6.07, 6.45) is -9.06. The van der Waals surface area contributed by atoms with Gasteiger partial charge in [-0.3, -0.25) is 0 Å². The van der Waals surface area contributed by atoms with Gasteiger partial charge < -0.3 is 59.4 Å². The third-order valence-corrected chi connectivity index (χ3v) is 1.24. The van der Waals surface area contributed by atoms with Gasteiger partial charge in [0.15, 0.2) is 18.5 Å². The molecule has 0 saturated heterocycles. The second-order valence-electron chi connectivity index (χ2n) is 3.00. The molecule has 0 bridgehead atoms. The van der Waals surface area contributed by atoms with Crippen LogP contribution < -0.4 is 30.6 Å². The van der Waals surface area contributed by atoms with E-state index >= 15 is 0 Å². The second-order valence-corrected chi connectivity index (χ2v) is 3.00. The summed E-state index contributed by atoms with van der Waals surface area (Å²) in [5, 5.41) is 55.4. The smallest absolute Gasteiger partial charge is 0.547 e. The summed E-state index contributed by atoms with van der Waals surface area (Å²) in [5.41, 5.74) is 0. The Bertz CT molecular complexity index is 401. The Kier molecular flexibility index (Phi) is 21.8. The molecule has 12 nitrogen and oxygen atoms in total. The molecule has 0 unspecified atom stereocenters. The maximum Gasteiger partial charge on any atom is 3.00 e. The summed E-state index contributed by atoms with van der Waals surface area (Å²) in [6.45, 7) is 0. The van der Waals surface area contributed by atoms with Crippen molar-refractivity contribution in [3.8, 4) is 0 Å². The number of aliphatic carboxylic acids is 6. The van der Waals surface area contributed by atoms with Crippen LogP contribution in [0.2, 0.25) is 0 Å². The predicted octanol–water partition coefficient (Wildman–Crippen LogP) is -10.3. The Hall–Kier alpha value is -3.26. The van der Waals surface area contributed by atoms with Crippen molar-refractivity contribution in [3.63, 3.8) is 0 Å². The molecule has 0 rings (SSSR count). The molecular weight excluding hydrogens is 379 g/mol. The fourth-order valence-electron chi connectivity index (χ4n) is 0.289. The largest absolute Gasteiger partial charge is 3.00 e. The fourth-order valence-corrected chi connectivity index (χ4v) is 0.289. The first-order valence-corrected chi connectivity index (χ1v) is 4.84. The zero-order valence-electron chi connectivity index (χ0n) is 11.9. The summed E-state index contributed by atoms with van der Waals surface area (Å²) >= 11 is 0. The molecule has 0 aliphatic heterocycles. The maximum atomic E-state index is 11.3. The van der Waals surface area contributed by atoms with Gasteiger partial charge in [-0.2, -0.15) is 0 Å². The molecule has 0 aliphatic carbocycles. The van der Waals surface area contributed by atoms with Crippen LogP contribution in [0.1, 0.15) is 0 Å². The number of carbonyl (C=O) groups excluding carboxylic acids is 6. The molecule has 0 N–H and O–H groups in total. The van der Waals surface area contributed by atoms with Crippen LogP contribution in [0.25, 0.3) is 0 Å². The number of carboxylic acids is 6. The number of hydrogen-bond acceptors (Lipinski definition) is 12. The molecule has 17 heteroatoms. The molecule has 0 spiro atoms. The molecule has 0 amide bonds. The van der Waals surface area contributed by atoms with Gasteiger partial charge in [0.25, 0.3) is 0 Å². The van der Waals surface area contributed by atoms with E-state index in [9.17, 15) is 72.6 Å². The normalized spacial score (nSPS) is 8.54. The maximum absolute atomic E-state index is 11.3. The molecule has 0 aromatic heterocycles. The van der Waals surface area contributed by atoms with Gasteiger partial charge in [-0.1, -0.05) is 0 Å². The van der Waals surface area contributed by atoms with E-state index in [1.165, 1.54) is 0 Å². The summed E-state index contributed by atoms with van der Waals surface area (Å²) in [5.74, 6) is -13.7. The first-order chi connectivity index (χ1) is 10.7. The van der Waals surface area contributed by atoms with Crippen molar-refractivity contribution in [1.29, 1.82) is 0 Å². The molecule has 0 atom stereocenters. The Labute approximate surface area is 145 Å². The summed E-state index contributed by atoms with van der Waals surface area (Å²) in [6, 6.07) is 0. The molecule has 0 aromatic carbocycles. The molecule has 0 radical (unpaired) electrons. The van der Waals surface area contributed by atoms with Gasteiger partial charge >= 0.3 is 16.8 Å². The van der Waals surface area contributed by atoms with Crippen LogP contribution in [0.3, 0.4) is 0 Å². The summed E-state index contributed by atoms with van der Waals surface area (Å²) in [7, 11) is 0. The van der Waals surface area contributed by atoms with E-state index in [4.69, 9.17) is 0 Å². The van der Waals surface area contributed by atoms with E-state index < -0.39 is 54.3 Å². The van der Waals surface area contributed by atoms with Crippen molar-refractivity contribution in [2.45, 2.75) is 18.5 Å². The average Bonchev–Trinajstić information content (AvgIpc) is 2.45. The van der Waals surface area contributed by atoms with Crippen molar-refractivity contribution in [3.05, 3.63) is 0 Å². The van der Waals surface area contributed by atoms with E-state index in [-0.39, 0.29) is 16.8 Å². The first kappa shape index (κ1) is 34.2. The molecule has 26 heavy (non-hydrogen) atoms. The standard InChI is InChI=1S/3C3H3FO4.2B/c3*4-1(2(5)6)3(7)8;;/h3*1H,(H,5,6)(H,7,8);;/q;;;2*+3/p-6. The van der Waals surface area contributed by atoms with Crippen LogP contribution in [-0.4, -0.2) is 71.2 Å². The molecular formula is C9H3B2F3O12. The Morgan fingerprint density at radius 1 is 0.423 bits per heavy atom. The summed E-state index contributed by atoms with van der Waals surface area (Å²) in [4.78, 5) is 55.4. The van der Waals surface area contributed by atoms with E-state index in [1.807, 2.05) is 0 Å². The number of carboxylic acid groups (broad SMARTS) is 6. The van der Waals surface area contributed by atoms with Gasteiger partial charge in [-0.15, -0.1) is 0 Å². The van der Waals surface area contributed by atoms with Crippen molar-refractivity contribution in [2.24, 2.45) is 0 Å². The number of carbonyl (C=O) groups is 6. The van der Waals surface area contributed by atoms with Crippen LogP contribution in [0.4, 0.5) is 13.2 Å². The fraction of sp³-hybridized carbons (Fsp3) is 0.333. The van der Waals surface area contributed by atoms with E-state index in [0.29, 0.717) is 0 Å². The van der Waals surface area contributed by atoms with Gasteiger partial charge in [-0.05, 0) is 0 Å². The first-order valence-electron chi connectivity index (χ1n) is 4.84. The van der Waals surface area contributed by atoms with Crippen molar-refractivity contribution in [1.82, 2.24) is 0 Å². The molecule has 138 valence electrons. The minimum absolute atomic E-state index is 0. The number of hydrogen-bond donors (Lipinski definition) is 0. The van der Waals surface area contributed by atoms with Crippen molar-refractivity contribution >= 4 is 52.6 Å². The Morgan fingerprint density at radius 3 is 0.500 bits per heavy atom. The second kappa shape index (κ2) is 16.6.